The van der Waals surface area contributed by atoms with Crippen LogP contribution in [0, 0.1) is 0 Å². The smallest absolute Gasteiger partial charge is 0.0768 e. The van der Waals surface area contributed by atoms with Crippen molar-refractivity contribution in [2.45, 2.75) is 137 Å². The molecule has 0 aromatic heterocycles. The van der Waals surface area contributed by atoms with Crippen LogP contribution in [0.5, 0.6) is 0 Å². The standard InChI is InChI=1S/C22H47N.C2H6/c1-4-6-8-9-10-11-12-13-14-15-16-17-18-20-22-23(3)21-19-7-5-2;1-2/h4-22H2,1-3H3;1-2H3/p+1. The first-order valence-corrected chi connectivity index (χ1v) is 12.1. The lowest BCUT2D eigenvalue weighted by Crippen LogP contribution is -3.09. The molecule has 1 heteroatoms. The Balaban J connectivity index is 0. The zero-order valence-corrected chi connectivity index (χ0v) is 18.9. The minimum atomic E-state index is 1.35. The van der Waals surface area contributed by atoms with Gasteiger partial charge in [-0.25, -0.2) is 0 Å². The highest BCUT2D eigenvalue weighted by molar-refractivity contribution is 4.49. The van der Waals surface area contributed by atoms with Gasteiger partial charge in [0.05, 0.1) is 20.1 Å². The van der Waals surface area contributed by atoms with Gasteiger partial charge in [0.1, 0.15) is 0 Å². The number of unbranched alkanes of at least 4 members (excludes halogenated alkanes) is 15. The summed E-state index contributed by atoms with van der Waals surface area (Å²) in [7, 11) is 2.37. The van der Waals surface area contributed by atoms with Crippen molar-refractivity contribution >= 4 is 0 Å². The van der Waals surface area contributed by atoms with Gasteiger partial charge in [-0.2, -0.15) is 0 Å². The Morgan fingerprint density at radius 1 is 0.400 bits per heavy atom. The summed E-state index contributed by atoms with van der Waals surface area (Å²) in [5, 5.41) is 0. The fraction of sp³-hybridized carbons (Fsp3) is 1.00. The predicted octanol–water partition coefficient (Wildman–Crippen LogP) is 7.20. The fourth-order valence-electron chi connectivity index (χ4n) is 3.42. The van der Waals surface area contributed by atoms with Crippen LogP contribution in [0.1, 0.15) is 137 Å². The maximum Gasteiger partial charge on any atom is 0.0768 e. The lowest BCUT2D eigenvalue weighted by molar-refractivity contribution is -0.880. The molecule has 0 aromatic rings. The quantitative estimate of drug-likeness (QED) is 0.233. The summed E-state index contributed by atoms with van der Waals surface area (Å²) in [4.78, 5) is 1.75. The van der Waals surface area contributed by atoms with Crippen LogP contribution in [-0.2, 0) is 0 Å². The molecule has 0 saturated carbocycles. The average molecular weight is 357 g/mol. The van der Waals surface area contributed by atoms with Crippen molar-refractivity contribution in [2.75, 3.05) is 20.1 Å². The first-order chi connectivity index (χ1) is 12.3. The van der Waals surface area contributed by atoms with Crippen molar-refractivity contribution in [1.29, 1.82) is 0 Å². The zero-order valence-electron chi connectivity index (χ0n) is 18.9. The molecule has 0 fully saturated rings. The molecule has 0 rings (SSSR count). The van der Waals surface area contributed by atoms with E-state index in [1.165, 1.54) is 122 Å². The summed E-state index contributed by atoms with van der Waals surface area (Å²) in [6.07, 6.45) is 24.7. The van der Waals surface area contributed by atoms with E-state index in [9.17, 15) is 0 Å². The molecule has 1 N–H and O–H groups in total. The lowest BCUT2D eigenvalue weighted by atomic mass is 10.0. The number of hydrogen-bond acceptors (Lipinski definition) is 0. The van der Waals surface area contributed by atoms with Gasteiger partial charge in [-0.1, -0.05) is 111 Å². The molecule has 0 heterocycles. The molecule has 0 aliphatic heterocycles. The van der Waals surface area contributed by atoms with Gasteiger partial charge in [-0.05, 0) is 25.7 Å². The molecule has 0 aliphatic rings. The maximum atomic E-state index is 2.37. The van der Waals surface area contributed by atoms with Gasteiger partial charge in [0.15, 0.2) is 0 Å². The SMILES string of the molecule is CC.CCCCCCCCCCCCCCCC[NH+](C)CCCCC. The maximum absolute atomic E-state index is 2.37. The number of rotatable bonds is 19. The summed E-state index contributed by atoms with van der Waals surface area (Å²) < 4.78 is 0. The van der Waals surface area contributed by atoms with E-state index in [4.69, 9.17) is 0 Å². The van der Waals surface area contributed by atoms with Crippen molar-refractivity contribution in [3.8, 4) is 0 Å². The van der Waals surface area contributed by atoms with Gasteiger partial charge < -0.3 is 4.90 Å². The van der Waals surface area contributed by atoms with Crippen molar-refractivity contribution in [3.05, 3.63) is 0 Å². The van der Waals surface area contributed by atoms with E-state index in [2.05, 4.69) is 20.9 Å². The molecule has 25 heavy (non-hydrogen) atoms. The summed E-state index contributed by atoms with van der Waals surface area (Å²) >= 11 is 0. The first kappa shape index (κ1) is 27.2. The molecule has 0 amide bonds. The lowest BCUT2D eigenvalue weighted by Gasteiger charge is -2.13. The van der Waals surface area contributed by atoms with Crippen molar-refractivity contribution < 1.29 is 4.90 Å². The Bertz CT molecular complexity index is 202. The van der Waals surface area contributed by atoms with E-state index < -0.39 is 0 Å². The Hall–Kier alpha value is -0.0400. The molecule has 0 aromatic carbocycles. The van der Waals surface area contributed by atoms with E-state index in [-0.39, 0.29) is 0 Å². The highest BCUT2D eigenvalue weighted by Crippen LogP contribution is 2.12. The summed E-state index contributed by atoms with van der Waals surface area (Å²) in [5.41, 5.74) is 0. The van der Waals surface area contributed by atoms with Crippen LogP contribution in [0.25, 0.3) is 0 Å². The van der Waals surface area contributed by atoms with Crippen LogP contribution in [0.4, 0.5) is 0 Å². The Morgan fingerprint density at radius 3 is 1.00 bits per heavy atom. The van der Waals surface area contributed by atoms with Crippen LogP contribution in [0.2, 0.25) is 0 Å². The Labute approximate surface area is 162 Å². The minimum absolute atomic E-state index is 1.35. The van der Waals surface area contributed by atoms with E-state index in [0.29, 0.717) is 0 Å². The molecule has 0 saturated heterocycles. The van der Waals surface area contributed by atoms with Crippen LogP contribution in [-0.4, -0.2) is 20.1 Å². The summed E-state index contributed by atoms with van der Waals surface area (Å²) in [5.74, 6) is 0. The molecule has 1 nitrogen and oxygen atoms in total. The third kappa shape index (κ3) is 26.3. The van der Waals surface area contributed by atoms with Gasteiger partial charge in [-0.3, -0.25) is 0 Å². The minimum Gasteiger partial charge on any atom is -0.337 e. The number of nitrogens with one attached hydrogen (secondary N) is 1. The van der Waals surface area contributed by atoms with Gasteiger partial charge in [0.2, 0.25) is 0 Å². The highest BCUT2D eigenvalue weighted by Gasteiger charge is 2.00. The van der Waals surface area contributed by atoms with Gasteiger partial charge in [0.25, 0.3) is 0 Å². The largest absolute Gasteiger partial charge is 0.337 e. The van der Waals surface area contributed by atoms with Crippen LogP contribution < -0.4 is 4.90 Å². The topological polar surface area (TPSA) is 4.44 Å². The van der Waals surface area contributed by atoms with Gasteiger partial charge in [-0.15, -0.1) is 0 Å². The van der Waals surface area contributed by atoms with E-state index in [1.807, 2.05) is 13.8 Å². The van der Waals surface area contributed by atoms with Crippen LogP contribution >= 0.6 is 0 Å². The normalized spacial score (nSPS) is 11.9. The highest BCUT2D eigenvalue weighted by atomic mass is 15.1. The Morgan fingerprint density at radius 2 is 0.640 bits per heavy atom. The second-order valence-corrected chi connectivity index (χ2v) is 7.76. The molecule has 0 radical (unpaired) electrons. The number of hydrogen-bond donors (Lipinski definition) is 1. The van der Waals surface area contributed by atoms with E-state index >= 15 is 0 Å². The molecule has 0 spiro atoms. The van der Waals surface area contributed by atoms with E-state index in [0.717, 1.165) is 0 Å². The van der Waals surface area contributed by atoms with Crippen molar-refractivity contribution in [2.24, 2.45) is 0 Å². The Kier molecular flexibility index (Phi) is 28.5. The molecular formula is C24H54N+. The zero-order chi connectivity index (χ0) is 19.0. The monoisotopic (exact) mass is 356 g/mol. The second-order valence-electron chi connectivity index (χ2n) is 7.76. The summed E-state index contributed by atoms with van der Waals surface area (Å²) in [6, 6.07) is 0. The third-order valence-electron chi connectivity index (χ3n) is 5.16. The molecule has 1 unspecified atom stereocenters. The third-order valence-corrected chi connectivity index (χ3v) is 5.16. The second kappa shape index (κ2) is 26.2. The molecule has 0 bridgehead atoms. The van der Waals surface area contributed by atoms with E-state index in [1.54, 1.807) is 4.90 Å². The van der Waals surface area contributed by atoms with Crippen molar-refractivity contribution in [1.82, 2.24) is 0 Å². The van der Waals surface area contributed by atoms with Gasteiger partial charge >= 0.3 is 0 Å². The molecule has 1 atom stereocenters. The van der Waals surface area contributed by atoms with Crippen LogP contribution in [0.3, 0.4) is 0 Å². The summed E-state index contributed by atoms with van der Waals surface area (Å²) in [6.45, 7) is 11.4. The number of quaternary nitrogens is 1. The fourth-order valence-corrected chi connectivity index (χ4v) is 3.42. The predicted molar refractivity (Wildman–Crippen MR) is 118 cm³/mol. The average Bonchev–Trinajstić information content (AvgIpc) is 2.64. The molecule has 0 aliphatic carbocycles. The first-order valence-electron chi connectivity index (χ1n) is 12.1. The molecule has 154 valence electrons. The van der Waals surface area contributed by atoms with Crippen molar-refractivity contribution in [3.63, 3.8) is 0 Å². The molecular weight excluding hydrogens is 302 g/mol. The van der Waals surface area contributed by atoms with Gasteiger partial charge in [0, 0.05) is 0 Å². The van der Waals surface area contributed by atoms with Crippen LogP contribution in [0.15, 0.2) is 0 Å².